The molecule has 1 aromatic carbocycles. The molecule has 0 radical (unpaired) electrons. The molecule has 0 aromatic heterocycles. The van der Waals surface area contributed by atoms with Crippen molar-refractivity contribution in [2.45, 2.75) is 12.8 Å². The summed E-state index contributed by atoms with van der Waals surface area (Å²) < 4.78 is 18.2. The summed E-state index contributed by atoms with van der Waals surface area (Å²) in [6, 6.07) is 6.51. The van der Waals surface area contributed by atoms with Gasteiger partial charge in [-0.25, -0.2) is 4.39 Å². The standard InChI is InChI=1S/C11H16FNO/c1-2-14-8-10(7-13)9-4-3-5-11(12)6-9/h3-6,10H,2,7-8,13H2,1H3. The van der Waals surface area contributed by atoms with Crippen LogP contribution in [0.5, 0.6) is 0 Å². The van der Waals surface area contributed by atoms with Gasteiger partial charge in [0.25, 0.3) is 0 Å². The van der Waals surface area contributed by atoms with Crippen molar-refractivity contribution in [3.63, 3.8) is 0 Å². The molecule has 1 aromatic rings. The fourth-order valence-corrected chi connectivity index (χ4v) is 1.32. The second-order valence-electron chi connectivity index (χ2n) is 3.15. The van der Waals surface area contributed by atoms with Gasteiger partial charge in [-0.1, -0.05) is 12.1 Å². The van der Waals surface area contributed by atoms with Gasteiger partial charge < -0.3 is 10.5 Å². The first-order chi connectivity index (χ1) is 6.77. The average molecular weight is 197 g/mol. The molecule has 0 fully saturated rings. The Morgan fingerprint density at radius 1 is 1.50 bits per heavy atom. The van der Waals surface area contributed by atoms with Gasteiger partial charge in [0.2, 0.25) is 0 Å². The Balaban J connectivity index is 2.68. The lowest BCUT2D eigenvalue weighted by Crippen LogP contribution is -2.18. The van der Waals surface area contributed by atoms with Gasteiger partial charge in [-0.15, -0.1) is 0 Å². The second-order valence-corrected chi connectivity index (χ2v) is 3.15. The van der Waals surface area contributed by atoms with Gasteiger partial charge >= 0.3 is 0 Å². The zero-order valence-corrected chi connectivity index (χ0v) is 8.37. The lowest BCUT2D eigenvalue weighted by molar-refractivity contribution is 0.134. The average Bonchev–Trinajstić information content (AvgIpc) is 2.19. The van der Waals surface area contributed by atoms with Crippen molar-refractivity contribution < 1.29 is 9.13 Å². The van der Waals surface area contributed by atoms with E-state index in [1.54, 1.807) is 6.07 Å². The molecule has 2 N–H and O–H groups in total. The van der Waals surface area contributed by atoms with Gasteiger partial charge in [0.15, 0.2) is 0 Å². The van der Waals surface area contributed by atoms with E-state index in [9.17, 15) is 4.39 Å². The molecule has 14 heavy (non-hydrogen) atoms. The number of halogens is 1. The predicted molar refractivity (Wildman–Crippen MR) is 54.7 cm³/mol. The third-order valence-electron chi connectivity index (χ3n) is 2.13. The number of hydrogen-bond donors (Lipinski definition) is 1. The number of hydrogen-bond acceptors (Lipinski definition) is 2. The van der Waals surface area contributed by atoms with Crippen LogP contribution >= 0.6 is 0 Å². The van der Waals surface area contributed by atoms with E-state index in [0.29, 0.717) is 19.8 Å². The molecule has 0 aliphatic rings. The van der Waals surface area contributed by atoms with Gasteiger partial charge in [-0.3, -0.25) is 0 Å². The minimum Gasteiger partial charge on any atom is -0.381 e. The summed E-state index contributed by atoms with van der Waals surface area (Å²) in [6.07, 6.45) is 0. The first-order valence-corrected chi connectivity index (χ1v) is 4.81. The maximum atomic E-state index is 12.9. The van der Waals surface area contributed by atoms with Crippen molar-refractivity contribution in [1.82, 2.24) is 0 Å². The van der Waals surface area contributed by atoms with Crippen molar-refractivity contribution in [3.8, 4) is 0 Å². The molecule has 0 aliphatic heterocycles. The highest BCUT2D eigenvalue weighted by Gasteiger charge is 2.09. The van der Waals surface area contributed by atoms with Crippen LogP contribution in [-0.4, -0.2) is 19.8 Å². The largest absolute Gasteiger partial charge is 0.381 e. The summed E-state index contributed by atoms with van der Waals surface area (Å²) in [5.74, 6) is -0.136. The van der Waals surface area contributed by atoms with Gasteiger partial charge in [0.1, 0.15) is 5.82 Å². The van der Waals surface area contributed by atoms with Crippen LogP contribution in [0.15, 0.2) is 24.3 Å². The zero-order valence-electron chi connectivity index (χ0n) is 8.37. The lowest BCUT2D eigenvalue weighted by atomic mass is 10.0. The summed E-state index contributed by atoms with van der Waals surface area (Å²) in [6.45, 7) is 3.62. The van der Waals surface area contributed by atoms with E-state index in [-0.39, 0.29) is 11.7 Å². The van der Waals surface area contributed by atoms with E-state index in [1.807, 2.05) is 13.0 Å². The minimum absolute atomic E-state index is 0.0886. The molecule has 0 aliphatic carbocycles. The van der Waals surface area contributed by atoms with Crippen LogP contribution in [0.4, 0.5) is 4.39 Å². The monoisotopic (exact) mass is 197 g/mol. The molecule has 0 saturated carbocycles. The van der Waals surface area contributed by atoms with Gasteiger partial charge in [-0.2, -0.15) is 0 Å². The Morgan fingerprint density at radius 2 is 2.29 bits per heavy atom. The van der Waals surface area contributed by atoms with Crippen LogP contribution in [0, 0.1) is 5.82 Å². The van der Waals surface area contributed by atoms with Crippen LogP contribution < -0.4 is 5.73 Å². The first kappa shape index (κ1) is 11.1. The Labute approximate surface area is 83.9 Å². The molecule has 1 rings (SSSR count). The summed E-state index contributed by atoms with van der Waals surface area (Å²) >= 11 is 0. The highest BCUT2D eigenvalue weighted by molar-refractivity contribution is 5.21. The molecule has 1 unspecified atom stereocenters. The molecule has 1 atom stereocenters. The van der Waals surface area contributed by atoms with E-state index in [1.165, 1.54) is 12.1 Å². The number of benzene rings is 1. The van der Waals surface area contributed by atoms with Gasteiger partial charge in [0, 0.05) is 19.1 Å². The van der Waals surface area contributed by atoms with E-state index in [4.69, 9.17) is 10.5 Å². The highest BCUT2D eigenvalue weighted by atomic mass is 19.1. The van der Waals surface area contributed by atoms with E-state index in [2.05, 4.69) is 0 Å². The van der Waals surface area contributed by atoms with Crippen LogP contribution in [0.1, 0.15) is 18.4 Å². The fourth-order valence-electron chi connectivity index (χ4n) is 1.32. The molecular formula is C11H16FNO. The lowest BCUT2D eigenvalue weighted by Gasteiger charge is -2.14. The van der Waals surface area contributed by atoms with Crippen LogP contribution in [-0.2, 0) is 4.74 Å². The Hall–Kier alpha value is -0.930. The quantitative estimate of drug-likeness (QED) is 0.782. The predicted octanol–water partition coefficient (Wildman–Crippen LogP) is 1.90. The molecule has 2 nitrogen and oxygen atoms in total. The molecule has 78 valence electrons. The van der Waals surface area contributed by atoms with Gasteiger partial charge in [-0.05, 0) is 24.6 Å². The highest BCUT2D eigenvalue weighted by Crippen LogP contribution is 2.15. The van der Waals surface area contributed by atoms with E-state index < -0.39 is 0 Å². The van der Waals surface area contributed by atoms with Gasteiger partial charge in [0.05, 0.1) is 6.61 Å². The SMILES string of the molecule is CCOCC(CN)c1cccc(F)c1. The van der Waals surface area contributed by atoms with Crippen LogP contribution in [0.25, 0.3) is 0 Å². The summed E-state index contributed by atoms with van der Waals surface area (Å²) in [4.78, 5) is 0. The Morgan fingerprint density at radius 3 is 2.86 bits per heavy atom. The summed E-state index contributed by atoms with van der Waals surface area (Å²) in [5.41, 5.74) is 6.50. The molecule has 0 amide bonds. The van der Waals surface area contributed by atoms with E-state index >= 15 is 0 Å². The third-order valence-corrected chi connectivity index (χ3v) is 2.13. The molecule has 0 saturated heterocycles. The minimum atomic E-state index is -0.225. The third kappa shape index (κ3) is 3.09. The van der Waals surface area contributed by atoms with Crippen molar-refractivity contribution in [2.24, 2.45) is 5.73 Å². The fraction of sp³-hybridized carbons (Fsp3) is 0.455. The molecule has 0 bridgehead atoms. The topological polar surface area (TPSA) is 35.2 Å². The van der Waals surface area contributed by atoms with E-state index in [0.717, 1.165) is 5.56 Å². The molecule has 0 spiro atoms. The van der Waals surface area contributed by atoms with Crippen molar-refractivity contribution in [1.29, 1.82) is 0 Å². The number of rotatable bonds is 5. The van der Waals surface area contributed by atoms with Crippen LogP contribution in [0.2, 0.25) is 0 Å². The zero-order chi connectivity index (χ0) is 10.4. The van der Waals surface area contributed by atoms with Crippen LogP contribution in [0.3, 0.4) is 0 Å². The number of ether oxygens (including phenoxy) is 1. The second kappa shape index (κ2) is 5.73. The normalized spacial score (nSPS) is 12.8. The summed E-state index contributed by atoms with van der Waals surface area (Å²) in [7, 11) is 0. The smallest absolute Gasteiger partial charge is 0.123 e. The Bertz CT molecular complexity index is 278. The summed E-state index contributed by atoms with van der Waals surface area (Å²) in [5, 5.41) is 0. The Kier molecular flexibility index (Phi) is 4.56. The molecule has 0 heterocycles. The molecule has 3 heteroatoms. The maximum Gasteiger partial charge on any atom is 0.123 e. The maximum absolute atomic E-state index is 12.9. The van der Waals surface area contributed by atoms with Crippen molar-refractivity contribution >= 4 is 0 Å². The molecular weight excluding hydrogens is 181 g/mol. The number of nitrogens with two attached hydrogens (primary N) is 1. The van der Waals surface area contributed by atoms with Crippen molar-refractivity contribution in [2.75, 3.05) is 19.8 Å². The first-order valence-electron chi connectivity index (χ1n) is 4.81. The van der Waals surface area contributed by atoms with Crippen molar-refractivity contribution in [3.05, 3.63) is 35.6 Å².